The number of pyridine rings is 1. The highest BCUT2D eigenvalue weighted by atomic mass is 127. The van der Waals surface area contributed by atoms with Crippen LogP contribution in [0, 0.1) is 14.9 Å². The third-order valence-corrected chi connectivity index (χ3v) is 2.76. The molecule has 0 fully saturated rings. The minimum atomic E-state index is -2.91. The Labute approximate surface area is 103 Å². The largest absolute Gasteiger partial charge is 0.481 e. The number of carboxylic acid groups (broad SMARTS) is 1. The van der Waals surface area contributed by atoms with Gasteiger partial charge in [0.2, 0.25) is 0 Å². The van der Waals surface area contributed by atoms with Crippen molar-refractivity contribution in [1.29, 1.82) is 5.26 Å². The van der Waals surface area contributed by atoms with E-state index in [9.17, 15) is 13.6 Å². The van der Waals surface area contributed by atoms with E-state index in [1.165, 1.54) is 12.3 Å². The van der Waals surface area contributed by atoms with Crippen molar-refractivity contribution in [3.8, 4) is 6.07 Å². The summed E-state index contributed by atoms with van der Waals surface area (Å²) in [6.45, 7) is 0. The molecule has 1 rings (SSSR count). The van der Waals surface area contributed by atoms with Gasteiger partial charge in [-0.15, -0.1) is 0 Å². The Balaban J connectivity index is 3.43. The lowest BCUT2D eigenvalue weighted by molar-refractivity contribution is -0.136. The van der Waals surface area contributed by atoms with Gasteiger partial charge >= 0.3 is 5.97 Å². The monoisotopic (exact) mass is 338 g/mol. The van der Waals surface area contributed by atoms with Crippen molar-refractivity contribution in [2.24, 2.45) is 0 Å². The number of nitriles is 1. The Morgan fingerprint density at radius 1 is 1.69 bits per heavy atom. The second-order valence-corrected chi connectivity index (χ2v) is 3.99. The van der Waals surface area contributed by atoms with Crippen LogP contribution in [0.4, 0.5) is 8.78 Å². The number of nitrogens with zero attached hydrogens (tertiary/aromatic N) is 2. The van der Waals surface area contributed by atoms with E-state index in [0.29, 0.717) is 3.57 Å². The first-order valence-electron chi connectivity index (χ1n) is 4.04. The molecule has 7 heteroatoms. The number of rotatable bonds is 3. The highest BCUT2D eigenvalue weighted by Crippen LogP contribution is 2.28. The summed E-state index contributed by atoms with van der Waals surface area (Å²) in [6, 6.07) is 1.53. The van der Waals surface area contributed by atoms with E-state index >= 15 is 0 Å². The lowest BCUT2D eigenvalue weighted by atomic mass is 10.0. The Bertz CT molecular complexity index is 471. The van der Waals surface area contributed by atoms with Crippen LogP contribution in [0.25, 0.3) is 0 Å². The molecule has 0 spiro atoms. The van der Waals surface area contributed by atoms with Crippen LogP contribution in [-0.2, 0) is 11.2 Å². The lowest BCUT2D eigenvalue weighted by Crippen LogP contribution is -2.09. The van der Waals surface area contributed by atoms with Crippen molar-refractivity contribution >= 4 is 28.6 Å². The quantitative estimate of drug-likeness (QED) is 0.857. The summed E-state index contributed by atoms with van der Waals surface area (Å²) < 4.78 is 25.8. The second kappa shape index (κ2) is 5.16. The first-order valence-corrected chi connectivity index (χ1v) is 5.12. The number of carbonyl (C=O) groups is 1. The van der Waals surface area contributed by atoms with Crippen molar-refractivity contribution in [1.82, 2.24) is 4.98 Å². The van der Waals surface area contributed by atoms with E-state index in [4.69, 9.17) is 10.4 Å². The molecule has 0 unspecified atom stereocenters. The van der Waals surface area contributed by atoms with Crippen molar-refractivity contribution in [3.63, 3.8) is 0 Å². The van der Waals surface area contributed by atoms with E-state index in [1.54, 1.807) is 22.6 Å². The topological polar surface area (TPSA) is 74.0 Å². The zero-order valence-corrected chi connectivity index (χ0v) is 9.90. The van der Waals surface area contributed by atoms with Crippen LogP contribution in [0.1, 0.15) is 23.2 Å². The van der Waals surface area contributed by atoms with Gasteiger partial charge in [0, 0.05) is 9.77 Å². The van der Waals surface area contributed by atoms with E-state index in [1.807, 2.05) is 0 Å². The van der Waals surface area contributed by atoms with Gasteiger partial charge in [0.15, 0.2) is 0 Å². The third kappa shape index (κ3) is 2.63. The average Bonchev–Trinajstić information content (AvgIpc) is 2.19. The molecule has 1 aromatic heterocycles. The van der Waals surface area contributed by atoms with Crippen molar-refractivity contribution in [2.45, 2.75) is 12.8 Å². The summed E-state index contributed by atoms with van der Waals surface area (Å²) in [6.07, 6.45) is -2.25. The molecule has 0 aliphatic carbocycles. The molecule has 0 atom stereocenters. The molecule has 0 bridgehead atoms. The second-order valence-electron chi connectivity index (χ2n) is 2.83. The lowest BCUT2D eigenvalue weighted by Gasteiger charge is -2.09. The Kier molecular flexibility index (Phi) is 4.12. The summed E-state index contributed by atoms with van der Waals surface area (Å²) in [5.74, 6) is -1.23. The molecule has 1 heterocycles. The molecule has 0 saturated heterocycles. The summed E-state index contributed by atoms with van der Waals surface area (Å²) in [5.41, 5.74) is -1.06. The first kappa shape index (κ1) is 12.8. The summed E-state index contributed by atoms with van der Waals surface area (Å²) in [5, 5.41) is 17.2. The molecular formula is C9H5F2IN2O2. The Morgan fingerprint density at radius 2 is 2.31 bits per heavy atom. The Morgan fingerprint density at radius 3 is 2.75 bits per heavy atom. The average molecular weight is 338 g/mol. The molecule has 1 aromatic rings. The number of aliphatic carboxylic acids is 1. The van der Waals surface area contributed by atoms with Crippen LogP contribution < -0.4 is 0 Å². The molecule has 0 amide bonds. The van der Waals surface area contributed by atoms with Gasteiger partial charge in [-0.1, -0.05) is 0 Å². The SMILES string of the molecule is N#Cc1ncc(I)c(CC(=O)O)c1C(F)F. The van der Waals surface area contributed by atoms with Gasteiger partial charge in [0.25, 0.3) is 6.43 Å². The van der Waals surface area contributed by atoms with Gasteiger partial charge in [-0.25, -0.2) is 13.8 Å². The predicted molar refractivity (Wildman–Crippen MR) is 58.0 cm³/mol. The fraction of sp³-hybridized carbons (Fsp3) is 0.222. The number of hydrogen-bond acceptors (Lipinski definition) is 3. The van der Waals surface area contributed by atoms with Crippen molar-refractivity contribution < 1.29 is 18.7 Å². The maximum Gasteiger partial charge on any atom is 0.307 e. The van der Waals surface area contributed by atoms with E-state index in [-0.39, 0.29) is 5.56 Å². The van der Waals surface area contributed by atoms with Gasteiger partial charge in [-0.3, -0.25) is 4.79 Å². The molecule has 0 aliphatic rings. The molecule has 0 aliphatic heterocycles. The molecular weight excluding hydrogens is 333 g/mol. The van der Waals surface area contributed by atoms with Gasteiger partial charge < -0.3 is 5.11 Å². The fourth-order valence-corrected chi connectivity index (χ4v) is 1.82. The highest BCUT2D eigenvalue weighted by molar-refractivity contribution is 14.1. The molecule has 0 saturated carbocycles. The minimum Gasteiger partial charge on any atom is -0.481 e. The first-order chi connectivity index (χ1) is 7.47. The zero-order chi connectivity index (χ0) is 12.3. The highest BCUT2D eigenvalue weighted by Gasteiger charge is 2.22. The van der Waals surface area contributed by atoms with Crippen LogP contribution in [0.3, 0.4) is 0 Å². The number of carboxylic acids is 1. The van der Waals surface area contributed by atoms with E-state index in [2.05, 4.69) is 4.98 Å². The minimum absolute atomic E-state index is 0.0466. The summed E-state index contributed by atoms with van der Waals surface area (Å²) in [4.78, 5) is 14.1. The normalized spacial score (nSPS) is 10.2. The molecule has 0 radical (unpaired) electrons. The molecule has 16 heavy (non-hydrogen) atoms. The summed E-state index contributed by atoms with van der Waals surface area (Å²) in [7, 11) is 0. The maximum absolute atomic E-state index is 12.7. The van der Waals surface area contributed by atoms with E-state index < -0.39 is 30.1 Å². The number of aromatic nitrogens is 1. The molecule has 0 aromatic carbocycles. The van der Waals surface area contributed by atoms with Crippen LogP contribution in [0.5, 0.6) is 0 Å². The van der Waals surface area contributed by atoms with Crippen molar-refractivity contribution in [2.75, 3.05) is 0 Å². The molecule has 84 valence electrons. The van der Waals surface area contributed by atoms with Gasteiger partial charge in [-0.05, 0) is 28.2 Å². The van der Waals surface area contributed by atoms with Gasteiger partial charge in [0.1, 0.15) is 11.8 Å². The zero-order valence-electron chi connectivity index (χ0n) is 7.75. The fourth-order valence-electron chi connectivity index (χ4n) is 1.20. The van der Waals surface area contributed by atoms with Crippen LogP contribution in [0.2, 0.25) is 0 Å². The predicted octanol–water partition coefficient (Wildman–Crippen LogP) is 2.12. The van der Waals surface area contributed by atoms with Gasteiger partial charge in [-0.2, -0.15) is 5.26 Å². The van der Waals surface area contributed by atoms with Crippen LogP contribution in [-0.4, -0.2) is 16.1 Å². The number of hydrogen-bond donors (Lipinski definition) is 1. The standard InChI is InChI=1S/C9H5F2IN2O2/c10-9(11)8-4(1-7(15)16)5(12)3-14-6(8)2-13/h3,9H,1H2,(H,15,16). The smallest absolute Gasteiger partial charge is 0.307 e. The third-order valence-electron chi connectivity index (χ3n) is 1.83. The molecule has 4 nitrogen and oxygen atoms in total. The maximum atomic E-state index is 12.7. The van der Waals surface area contributed by atoms with Crippen LogP contribution in [0.15, 0.2) is 6.20 Å². The van der Waals surface area contributed by atoms with Crippen molar-refractivity contribution in [3.05, 3.63) is 26.6 Å². The Hall–Kier alpha value is -1.30. The van der Waals surface area contributed by atoms with E-state index in [0.717, 1.165) is 0 Å². The summed E-state index contributed by atoms with van der Waals surface area (Å²) >= 11 is 1.72. The number of halogens is 3. The number of alkyl halides is 2. The van der Waals surface area contributed by atoms with Gasteiger partial charge in [0.05, 0.1) is 12.0 Å². The molecule has 1 N–H and O–H groups in total. The van der Waals surface area contributed by atoms with Crippen LogP contribution >= 0.6 is 22.6 Å².